The second-order valence-electron chi connectivity index (χ2n) is 7.45. The SMILES string of the molecule is NC(=O)C1(NC(=O)NC2CCCN(Cc3ccc(F)cc3)C2)CCCC1. The minimum atomic E-state index is -0.896. The summed E-state index contributed by atoms with van der Waals surface area (Å²) in [5.41, 5.74) is 5.67. The number of carbonyl (C=O) groups excluding carboxylic acids is 2. The number of likely N-dealkylation sites (tertiary alicyclic amines) is 1. The molecular formula is C19H27FN4O2. The zero-order chi connectivity index (χ0) is 18.6. The Hall–Kier alpha value is -2.15. The van der Waals surface area contributed by atoms with Gasteiger partial charge in [0.15, 0.2) is 0 Å². The molecular weight excluding hydrogens is 335 g/mol. The number of halogens is 1. The third-order valence-corrected chi connectivity index (χ3v) is 5.44. The quantitative estimate of drug-likeness (QED) is 0.747. The summed E-state index contributed by atoms with van der Waals surface area (Å²) in [5.74, 6) is -0.689. The van der Waals surface area contributed by atoms with Gasteiger partial charge in [-0.3, -0.25) is 9.69 Å². The van der Waals surface area contributed by atoms with E-state index in [1.807, 2.05) is 0 Å². The highest BCUT2D eigenvalue weighted by molar-refractivity contribution is 5.90. The van der Waals surface area contributed by atoms with Crippen molar-refractivity contribution in [2.24, 2.45) is 5.73 Å². The van der Waals surface area contributed by atoms with Gasteiger partial charge >= 0.3 is 6.03 Å². The van der Waals surface area contributed by atoms with E-state index in [-0.39, 0.29) is 17.9 Å². The first kappa shape index (κ1) is 18.6. The molecule has 4 N–H and O–H groups in total. The molecule has 0 aromatic heterocycles. The Morgan fingerprint density at radius 2 is 1.88 bits per heavy atom. The molecule has 1 aliphatic heterocycles. The Kier molecular flexibility index (Phi) is 5.76. The van der Waals surface area contributed by atoms with E-state index in [1.165, 1.54) is 12.1 Å². The van der Waals surface area contributed by atoms with E-state index < -0.39 is 11.4 Å². The van der Waals surface area contributed by atoms with Gasteiger partial charge in [-0.25, -0.2) is 9.18 Å². The Morgan fingerprint density at radius 3 is 2.54 bits per heavy atom. The number of nitrogens with zero attached hydrogens (tertiary/aromatic N) is 1. The minimum Gasteiger partial charge on any atom is -0.368 e. The summed E-state index contributed by atoms with van der Waals surface area (Å²) in [4.78, 5) is 26.4. The lowest BCUT2D eigenvalue weighted by Crippen LogP contribution is -2.60. The molecule has 1 saturated carbocycles. The summed E-state index contributed by atoms with van der Waals surface area (Å²) in [6.07, 6.45) is 4.90. The summed E-state index contributed by atoms with van der Waals surface area (Å²) < 4.78 is 13.0. The van der Waals surface area contributed by atoms with Crippen LogP contribution >= 0.6 is 0 Å². The second kappa shape index (κ2) is 8.03. The van der Waals surface area contributed by atoms with Gasteiger partial charge in [0.1, 0.15) is 11.4 Å². The molecule has 1 atom stereocenters. The molecule has 3 rings (SSSR count). The summed E-state index contributed by atoms with van der Waals surface area (Å²) in [6.45, 7) is 2.40. The molecule has 26 heavy (non-hydrogen) atoms. The number of rotatable bonds is 5. The molecule has 1 aromatic rings. The standard InChI is InChI=1S/C19H27FN4O2/c20-15-7-5-14(6-8-15)12-24-11-3-4-16(13-24)22-18(26)23-19(17(21)25)9-1-2-10-19/h5-8,16H,1-4,9-13H2,(H2,21,25)(H2,22,23,26). The van der Waals surface area contributed by atoms with Crippen molar-refractivity contribution < 1.29 is 14.0 Å². The molecule has 0 radical (unpaired) electrons. The molecule has 3 amide bonds. The number of nitrogens with one attached hydrogen (secondary N) is 2. The zero-order valence-electron chi connectivity index (χ0n) is 15.0. The van der Waals surface area contributed by atoms with Crippen molar-refractivity contribution in [3.05, 3.63) is 35.6 Å². The number of carbonyl (C=O) groups is 2. The topological polar surface area (TPSA) is 87.5 Å². The lowest BCUT2D eigenvalue weighted by Gasteiger charge is -2.34. The molecule has 1 heterocycles. The Morgan fingerprint density at radius 1 is 1.19 bits per heavy atom. The largest absolute Gasteiger partial charge is 0.368 e. The highest BCUT2D eigenvalue weighted by Gasteiger charge is 2.41. The third-order valence-electron chi connectivity index (χ3n) is 5.44. The number of nitrogens with two attached hydrogens (primary N) is 1. The van der Waals surface area contributed by atoms with Crippen LogP contribution in [0.1, 0.15) is 44.1 Å². The first-order valence-corrected chi connectivity index (χ1v) is 9.32. The van der Waals surface area contributed by atoms with Crippen LogP contribution in [0.2, 0.25) is 0 Å². The summed E-state index contributed by atoms with van der Waals surface area (Å²) in [5, 5.41) is 5.82. The summed E-state index contributed by atoms with van der Waals surface area (Å²) in [6, 6.07) is 6.21. The number of benzene rings is 1. The van der Waals surface area contributed by atoms with Crippen molar-refractivity contribution in [1.82, 2.24) is 15.5 Å². The molecule has 7 heteroatoms. The van der Waals surface area contributed by atoms with Gasteiger partial charge in [-0.05, 0) is 49.9 Å². The van der Waals surface area contributed by atoms with E-state index in [2.05, 4.69) is 15.5 Å². The number of hydrogen-bond acceptors (Lipinski definition) is 3. The molecule has 0 bridgehead atoms. The molecule has 2 aliphatic rings. The van der Waals surface area contributed by atoms with Crippen LogP contribution in [0.25, 0.3) is 0 Å². The molecule has 1 saturated heterocycles. The van der Waals surface area contributed by atoms with Gasteiger partial charge in [0.25, 0.3) is 0 Å². The van der Waals surface area contributed by atoms with Gasteiger partial charge in [0, 0.05) is 19.1 Å². The van der Waals surface area contributed by atoms with Gasteiger partial charge < -0.3 is 16.4 Å². The third kappa shape index (κ3) is 4.52. The van der Waals surface area contributed by atoms with E-state index >= 15 is 0 Å². The van der Waals surface area contributed by atoms with E-state index in [0.29, 0.717) is 12.8 Å². The highest BCUT2D eigenvalue weighted by Crippen LogP contribution is 2.29. The van der Waals surface area contributed by atoms with E-state index in [1.54, 1.807) is 12.1 Å². The van der Waals surface area contributed by atoms with E-state index in [0.717, 1.165) is 50.9 Å². The van der Waals surface area contributed by atoms with Crippen LogP contribution in [0.5, 0.6) is 0 Å². The summed E-state index contributed by atoms with van der Waals surface area (Å²) >= 11 is 0. The predicted molar refractivity (Wildman–Crippen MR) is 96.8 cm³/mol. The highest BCUT2D eigenvalue weighted by atomic mass is 19.1. The molecule has 142 valence electrons. The van der Waals surface area contributed by atoms with Crippen molar-refractivity contribution in [1.29, 1.82) is 0 Å². The van der Waals surface area contributed by atoms with Gasteiger partial charge in [-0.15, -0.1) is 0 Å². The number of piperidine rings is 1. The van der Waals surface area contributed by atoms with Crippen LogP contribution in [0.3, 0.4) is 0 Å². The van der Waals surface area contributed by atoms with Crippen molar-refractivity contribution in [3.63, 3.8) is 0 Å². The number of primary amides is 1. The molecule has 1 unspecified atom stereocenters. The number of amides is 3. The Balaban J connectivity index is 1.52. The Labute approximate surface area is 153 Å². The van der Waals surface area contributed by atoms with Gasteiger partial charge in [-0.1, -0.05) is 25.0 Å². The van der Waals surface area contributed by atoms with Gasteiger partial charge in [0.05, 0.1) is 0 Å². The van der Waals surface area contributed by atoms with Gasteiger partial charge in [-0.2, -0.15) is 0 Å². The fourth-order valence-electron chi connectivity index (χ4n) is 4.02. The van der Waals surface area contributed by atoms with Crippen molar-refractivity contribution in [2.75, 3.05) is 13.1 Å². The molecule has 6 nitrogen and oxygen atoms in total. The Bertz CT molecular complexity index is 643. The normalized spacial score (nSPS) is 22.7. The lowest BCUT2D eigenvalue weighted by atomic mass is 9.97. The number of urea groups is 1. The fourth-order valence-corrected chi connectivity index (χ4v) is 4.02. The van der Waals surface area contributed by atoms with Crippen molar-refractivity contribution >= 4 is 11.9 Å². The smallest absolute Gasteiger partial charge is 0.315 e. The average molecular weight is 362 g/mol. The zero-order valence-corrected chi connectivity index (χ0v) is 15.0. The summed E-state index contributed by atoms with van der Waals surface area (Å²) in [7, 11) is 0. The molecule has 1 aliphatic carbocycles. The molecule has 2 fully saturated rings. The van der Waals surface area contributed by atoms with Crippen LogP contribution in [-0.4, -0.2) is 41.5 Å². The maximum atomic E-state index is 13.0. The van der Waals surface area contributed by atoms with E-state index in [4.69, 9.17) is 5.73 Å². The van der Waals surface area contributed by atoms with E-state index in [9.17, 15) is 14.0 Å². The maximum absolute atomic E-state index is 13.0. The maximum Gasteiger partial charge on any atom is 0.315 e. The number of hydrogen-bond donors (Lipinski definition) is 3. The predicted octanol–water partition coefficient (Wildman–Crippen LogP) is 1.89. The van der Waals surface area contributed by atoms with Crippen LogP contribution in [0.15, 0.2) is 24.3 Å². The minimum absolute atomic E-state index is 0.0236. The first-order valence-electron chi connectivity index (χ1n) is 9.32. The molecule has 0 spiro atoms. The first-order chi connectivity index (χ1) is 12.5. The van der Waals surface area contributed by atoms with Crippen LogP contribution in [0.4, 0.5) is 9.18 Å². The van der Waals surface area contributed by atoms with Crippen molar-refractivity contribution in [3.8, 4) is 0 Å². The van der Waals surface area contributed by atoms with Crippen LogP contribution < -0.4 is 16.4 Å². The lowest BCUT2D eigenvalue weighted by molar-refractivity contribution is -0.123. The second-order valence-corrected chi connectivity index (χ2v) is 7.45. The van der Waals surface area contributed by atoms with Crippen molar-refractivity contribution in [2.45, 2.75) is 56.7 Å². The monoisotopic (exact) mass is 362 g/mol. The van der Waals surface area contributed by atoms with Gasteiger partial charge in [0.2, 0.25) is 5.91 Å². The molecule has 1 aromatic carbocycles. The average Bonchev–Trinajstić information content (AvgIpc) is 3.07. The fraction of sp³-hybridized carbons (Fsp3) is 0.579. The van der Waals surface area contributed by atoms with Crippen LogP contribution in [-0.2, 0) is 11.3 Å². The van der Waals surface area contributed by atoms with Crippen LogP contribution in [0, 0.1) is 5.82 Å².